The lowest BCUT2D eigenvalue weighted by molar-refractivity contribution is 1.18. The van der Waals surface area contributed by atoms with Crippen LogP contribution in [-0.2, 0) is 0 Å². The number of nitrogens with zero attached hydrogens (tertiary/aromatic N) is 4. The molecule has 0 bridgehead atoms. The van der Waals surface area contributed by atoms with E-state index < -0.39 is 0 Å². The van der Waals surface area contributed by atoms with Crippen molar-refractivity contribution in [2.75, 3.05) is 0 Å². The number of rotatable bonds is 4. The molecule has 0 amide bonds. The van der Waals surface area contributed by atoms with Gasteiger partial charge in [0.05, 0.1) is 55.2 Å². The maximum absolute atomic E-state index is 3.81. The van der Waals surface area contributed by atoms with Gasteiger partial charge in [-0.2, -0.15) is 0 Å². The summed E-state index contributed by atoms with van der Waals surface area (Å²) in [5.41, 5.74) is 24.1. The van der Waals surface area contributed by atoms with E-state index >= 15 is 0 Å². The first-order valence-corrected chi connectivity index (χ1v) is 42.6. The van der Waals surface area contributed by atoms with Crippen molar-refractivity contribution in [3.8, 4) is 22.7 Å². The second kappa shape index (κ2) is 27.4. The van der Waals surface area contributed by atoms with Gasteiger partial charge in [-0.25, -0.2) is 0 Å². The monoisotopic (exact) mass is 1580 g/mol. The van der Waals surface area contributed by atoms with E-state index in [1.165, 1.54) is 251 Å². The Morgan fingerprint density at radius 3 is 1.02 bits per heavy atom. The zero-order chi connectivity index (χ0) is 81.2. The minimum Gasteiger partial charge on any atom is -0.354 e. The zero-order valence-electron chi connectivity index (χ0n) is 67.2. The predicted molar refractivity (Wildman–Crippen MR) is 528 cm³/mol. The first kappa shape index (κ1) is 69.3. The fourth-order valence-corrected chi connectivity index (χ4v) is 20.8. The van der Waals surface area contributed by atoms with Crippen LogP contribution in [0.15, 0.2) is 425 Å². The van der Waals surface area contributed by atoms with E-state index in [0.717, 1.165) is 0 Å². The number of hydrogen-bond donors (Lipinski definition) is 4. The fraction of sp³-hybridized carbons (Fsp3) is 0. The van der Waals surface area contributed by atoms with Crippen LogP contribution in [0.2, 0.25) is 0 Å². The average Bonchev–Trinajstić information content (AvgIpc) is 1.38. The molecule has 8 aromatic heterocycles. The summed E-state index contributed by atoms with van der Waals surface area (Å²) in [6.45, 7) is 0. The molecule has 0 aliphatic heterocycles. The molecule has 0 unspecified atom stereocenters. The highest BCUT2D eigenvalue weighted by atomic mass is 15.0. The third-order valence-electron chi connectivity index (χ3n) is 26.2. The van der Waals surface area contributed by atoms with Gasteiger partial charge in [0.1, 0.15) is 0 Å². The van der Waals surface area contributed by atoms with Crippen LogP contribution < -0.4 is 0 Å². The number of H-pyrrole nitrogens is 4. The van der Waals surface area contributed by atoms with Crippen LogP contribution in [0, 0.1) is 0 Å². The molecule has 8 heteroatoms. The lowest BCUT2D eigenvalue weighted by Gasteiger charge is -2.09. The molecule has 0 atom stereocenters. The molecule has 29 aromatic rings. The number of aromatic nitrogens is 8. The SMILES string of the molecule is c1ccc(-n2c3cc4[nH]c5ccccc5c4cc3c3c4ccccc4ccc32)cc1.c1ccc(-n2c3cc4[nH]c5ccccc5c4cc3c3ccc4ccccc4c32)cc1.c1ccc(-n2c3ccccc3c3cc4c(cc32)[nH]c2c3ccccc3c3ccccc3c42)cc1.c1ccc(-n2c3ccccc3c3cc4c(cc32)[nH]c2c3ccccc3ccc42)cc1. The Morgan fingerprint density at radius 1 is 0.137 bits per heavy atom. The molecule has 29 rings (SSSR count). The molecule has 0 saturated heterocycles. The molecule has 8 nitrogen and oxygen atoms in total. The first-order chi connectivity index (χ1) is 61.5. The van der Waals surface area contributed by atoms with Crippen LogP contribution >= 0.6 is 0 Å². The third kappa shape index (κ3) is 10.6. The van der Waals surface area contributed by atoms with Crippen LogP contribution in [0.4, 0.5) is 0 Å². The summed E-state index contributed by atoms with van der Waals surface area (Å²) in [6.07, 6.45) is 0. The van der Waals surface area contributed by atoms with E-state index in [1.807, 2.05) is 0 Å². The molecular weight excluding hydrogens is 1510 g/mol. The summed E-state index contributed by atoms with van der Waals surface area (Å²) in [5.74, 6) is 0. The molecule has 0 aliphatic carbocycles. The topological polar surface area (TPSA) is 82.9 Å². The van der Waals surface area contributed by atoms with Crippen molar-refractivity contribution in [3.63, 3.8) is 0 Å². The highest BCUT2D eigenvalue weighted by molar-refractivity contribution is 6.34. The molecule has 124 heavy (non-hydrogen) atoms. The molecule has 0 saturated carbocycles. The Bertz CT molecular complexity index is 9430. The van der Waals surface area contributed by atoms with E-state index in [1.54, 1.807) is 0 Å². The Morgan fingerprint density at radius 2 is 0.468 bits per heavy atom. The minimum absolute atomic E-state index is 1.17. The number of benzene rings is 21. The van der Waals surface area contributed by atoms with E-state index in [-0.39, 0.29) is 0 Å². The average molecular weight is 1580 g/mol. The summed E-state index contributed by atoms with van der Waals surface area (Å²) >= 11 is 0. The molecule has 0 aliphatic rings. The van der Waals surface area contributed by atoms with Crippen LogP contribution in [0.1, 0.15) is 0 Å². The maximum atomic E-state index is 3.81. The van der Waals surface area contributed by atoms with Crippen LogP contribution in [0.25, 0.3) is 251 Å². The zero-order valence-corrected chi connectivity index (χ0v) is 67.2. The molecule has 0 spiro atoms. The lowest BCUT2D eigenvalue weighted by Crippen LogP contribution is -1.93. The second-order valence-electron chi connectivity index (χ2n) is 32.9. The minimum atomic E-state index is 1.17. The van der Waals surface area contributed by atoms with Crippen molar-refractivity contribution in [3.05, 3.63) is 425 Å². The molecule has 21 aromatic carbocycles. The highest BCUT2D eigenvalue weighted by Crippen LogP contribution is 2.47. The predicted octanol–water partition coefficient (Wildman–Crippen LogP) is 31.4. The Hall–Kier alpha value is -16.7. The molecule has 4 N–H and O–H groups in total. The van der Waals surface area contributed by atoms with Crippen LogP contribution in [0.3, 0.4) is 0 Å². The summed E-state index contributed by atoms with van der Waals surface area (Å²) < 4.78 is 9.56. The van der Waals surface area contributed by atoms with Gasteiger partial charge < -0.3 is 38.2 Å². The van der Waals surface area contributed by atoms with Gasteiger partial charge in [0, 0.05) is 158 Å². The van der Waals surface area contributed by atoms with Gasteiger partial charge in [0.25, 0.3) is 0 Å². The highest BCUT2D eigenvalue weighted by Gasteiger charge is 2.24. The third-order valence-corrected chi connectivity index (χ3v) is 26.2. The molecular formula is C116H74N8. The molecule has 0 fully saturated rings. The maximum Gasteiger partial charge on any atom is 0.0619 e. The summed E-state index contributed by atoms with van der Waals surface area (Å²) in [6, 6.07) is 153. The van der Waals surface area contributed by atoms with Crippen molar-refractivity contribution < 1.29 is 0 Å². The van der Waals surface area contributed by atoms with Gasteiger partial charge >= 0.3 is 0 Å². The van der Waals surface area contributed by atoms with E-state index in [4.69, 9.17) is 0 Å². The molecule has 8 heterocycles. The first-order valence-electron chi connectivity index (χ1n) is 42.6. The van der Waals surface area contributed by atoms with Gasteiger partial charge in [0.2, 0.25) is 0 Å². The molecule has 0 radical (unpaired) electrons. The van der Waals surface area contributed by atoms with E-state index in [2.05, 4.69) is 463 Å². The van der Waals surface area contributed by atoms with Gasteiger partial charge in [-0.1, -0.05) is 297 Å². The van der Waals surface area contributed by atoms with Gasteiger partial charge in [-0.15, -0.1) is 0 Å². The fourth-order valence-electron chi connectivity index (χ4n) is 20.8. The van der Waals surface area contributed by atoms with Crippen molar-refractivity contribution in [2.45, 2.75) is 0 Å². The normalized spacial score (nSPS) is 12.0. The standard InChI is InChI=1S/C32H20N2.3C28H18N2/c1-2-10-20(11-3-1)34-29-17-9-8-14-23(29)26-18-27-28(19-30(26)34)33-32-25-16-7-5-13-22(25)21-12-4-6-15-24(21)31(27)32;1-2-9-19(10-3-1)30-26-15-14-18-8-4-5-11-20(18)28(26)23-16-22-21-12-6-7-13-24(21)29-25(22)17-27(23)30;1-2-9-19(10-3-1)30-26-13-7-6-12-21(26)24-16-23-22-15-14-18-8-4-5-11-20(18)28(22)29-25(23)17-27(24)30;1-2-9-19(10-3-1)30-27-17-26-23(21-12-6-7-13-25(21)29-26)16-24(27)22-15-14-18-8-4-5-11-20(18)28(22)30/h1-19,33H;3*1-17,29H. The number of para-hydroxylation sites is 8. The quantitative estimate of drug-likeness (QED) is 0.127. The Labute approximate surface area is 709 Å². The smallest absolute Gasteiger partial charge is 0.0619 e. The number of nitrogens with one attached hydrogen (secondary N) is 4. The van der Waals surface area contributed by atoms with E-state index in [9.17, 15) is 0 Å². The van der Waals surface area contributed by atoms with Crippen molar-refractivity contribution in [1.29, 1.82) is 0 Å². The van der Waals surface area contributed by atoms with E-state index in [0.29, 0.717) is 0 Å². The van der Waals surface area contributed by atoms with Crippen LogP contribution in [0.5, 0.6) is 0 Å². The molecule has 578 valence electrons. The van der Waals surface area contributed by atoms with Crippen molar-refractivity contribution in [2.24, 2.45) is 0 Å². The number of hydrogen-bond acceptors (Lipinski definition) is 0. The lowest BCUT2D eigenvalue weighted by atomic mass is 9.96. The van der Waals surface area contributed by atoms with Gasteiger partial charge in [-0.05, 0) is 165 Å². The van der Waals surface area contributed by atoms with Crippen LogP contribution in [-0.4, -0.2) is 38.2 Å². The Balaban J connectivity index is 0.0000000885. The van der Waals surface area contributed by atoms with Gasteiger partial charge in [0.15, 0.2) is 0 Å². The summed E-state index contributed by atoms with van der Waals surface area (Å²) in [5, 5.41) is 33.4. The second-order valence-corrected chi connectivity index (χ2v) is 32.9. The number of fused-ring (bicyclic) bond motifs is 35. The summed E-state index contributed by atoms with van der Waals surface area (Å²) in [4.78, 5) is 14.8. The van der Waals surface area contributed by atoms with Gasteiger partial charge in [-0.3, -0.25) is 0 Å². The summed E-state index contributed by atoms with van der Waals surface area (Å²) in [7, 11) is 0. The largest absolute Gasteiger partial charge is 0.354 e. The van der Waals surface area contributed by atoms with Crippen molar-refractivity contribution in [1.82, 2.24) is 38.2 Å². The Kier molecular flexibility index (Phi) is 15.3. The number of aromatic amines is 4. The van der Waals surface area contributed by atoms with Crippen molar-refractivity contribution >= 4 is 228 Å².